The predicted molar refractivity (Wildman–Crippen MR) is 73.4 cm³/mol. The number of nitriles is 1. The van der Waals surface area contributed by atoms with Gasteiger partial charge in [0.15, 0.2) is 0 Å². The number of nitrogens with zero attached hydrogens (tertiary/aromatic N) is 2. The van der Waals surface area contributed by atoms with Gasteiger partial charge in [-0.2, -0.15) is 5.26 Å². The van der Waals surface area contributed by atoms with Gasteiger partial charge in [-0.15, -0.1) is 0 Å². The van der Waals surface area contributed by atoms with Crippen LogP contribution in [0.25, 0.3) is 0 Å². The molecule has 1 aromatic heterocycles. The molecule has 0 unspecified atom stereocenters. The summed E-state index contributed by atoms with van der Waals surface area (Å²) < 4.78 is 2.51. The number of hydrogen-bond donors (Lipinski definition) is 0. The number of pyridine rings is 1. The Hall–Kier alpha value is -1.86. The van der Waals surface area contributed by atoms with E-state index in [1.54, 1.807) is 22.9 Å². The second-order valence-corrected chi connectivity index (χ2v) is 4.98. The van der Waals surface area contributed by atoms with Crippen LogP contribution in [0.1, 0.15) is 16.7 Å². The Bertz CT molecular complexity index is 683. The smallest absolute Gasteiger partial charge is 0.250 e. The lowest BCUT2D eigenvalue weighted by Gasteiger charge is -2.09. The Balaban J connectivity index is 2.38. The molecule has 1 heterocycles. The zero-order valence-corrected chi connectivity index (χ0v) is 11.4. The van der Waals surface area contributed by atoms with Crippen LogP contribution in [0.15, 0.2) is 45.8 Å². The lowest BCUT2D eigenvalue weighted by molar-refractivity contribution is 0.752. The van der Waals surface area contributed by atoms with E-state index in [4.69, 9.17) is 5.26 Å². The minimum Gasteiger partial charge on any atom is -0.310 e. The average molecular weight is 303 g/mol. The van der Waals surface area contributed by atoms with Crippen LogP contribution in [0, 0.1) is 18.3 Å². The fourth-order valence-corrected chi connectivity index (χ4v) is 2.13. The highest BCUT2D eigenvalue weighted by Gasteiger charge is 2.03. The van der Waals surface area contributed by atoms with E-state index in [2.05, 4.69) is 22.0 Å². The van der Waals surface area contributed by atoms with Crippen molar-refractivity contribution in [2.45, 2.75) is 13.5 Å². The molecular formula is C14H11BrN2O. The molecule has 0 saturated heterocycles. The van der Waals surface area contributed by atoms with Crippen molar-refractivity contribution in [3.63, 3.8) is 0 Å². The Morgan fingerprint density at radius 3 is 2.78 bits per heavy atom. The molecule has 1 aromatic carbocycles. The summed E-state index contributed by atoms with van der Waals surface area (Å²) >= 11 is 3.35. The molecule has 0 radical (unpaired) electrons. The van der Waals surface area contributed by atoms with Gasteiger partial charge in [0.05, 0.1) is 18.2 Å². The van der Waals surface area contributed by atoms with Gasteiger partial charge >= 0.3 is 0 Å². The van der Waals surface area contributed by atoms with Gasteiger partial charge in [-0.1, -0.05) is 6.07 Å². The second-order valence-electron chi connectivity index (χ2n) is 4.07. The molecule has 0 fully saturated rings. The largest absolute Gasteiger partial charge is 0.310 e. The van der Waals surface area contributed by atoms with Crippen molar-refractivity contribution >= 4 is 15.9 Å². The van der Waals surface area contributed by atoms with Crippen LogP contribution < -0.4 is 5.56 Å². The Kier molecular flexibility index (Phi) is 3.63. The van der Waals surface area contributed by atoms with Crippen molar-refractivity contribution in [2.24, 2.45) is 0 Å². The van der Waals surface area contributed by atoms with E-state index in [0.717, 1.165) is 15.6 Å². The van der Waals surface area contributed by atoms with Gasteiger partial charge in [0.25, 0.3) is 5.56 Å². The van der Waals surface area contributed by atoms with Crippen molar-refractivity contribution in [1.82, 2.24) is 4.57 Å². The normalized spacial score (nSPS) is 10.1. The van der Waals surface area contributed by atoms with Gasteiger partial charge in [0.1, 0.15) is 0 Å². The van der Waals surface area contributed by atoms with Gasteiger partial charge in [0.2, 0.25) is 0 Å². The van der Waals surface area contributed by atoms with Crippen LogP contribution in [0.5, 0.6) is 0 Å². The maximum absolute atomic E-state index is 11.7. The molecule has 0 N–H and O–H groups in total. The third kappa shape index (κ3) is 2.69. The first-order valence-electron chi connectivity index (χ1n) is 5.46. The molecule has 0 aliphatic heterocycles. The van der Waals surface area contributed by atoms with Gasteiger partial charge in [-0.3, -0.25) is 4.79 Å². The summed E-state index contributed by atoms with van der Waals surface area (Å²) in [6.45, 7) is 2.45. The summed E-state index contributed by atoms with van der Waals surface area (Å²) in [6.07, 6.45) is 1.76. The molecule has 0 amide bonds. The van der Waals surface area contributed by atoms with Crippen molar-refractivity contribution in [3.05, 3.63) is 68.0 Å². The molecule has 2 aromatic rings. The second kappa shape index (κ2) is 5.19. The summed E-state index contributed by atoms with van der Waals surface area (Å²) in [7, 11) is 0. The number of aromatic nitrogens is 1. The van der Waals surface area contributed by atoms with E-state index < -0.39 is 0 Å². The fourth-order valence-electron chi connectivity index (χ4n) is 1.75. The Labute approximate surface area is 113 Å². The maximum Gasteiger partial charge on any atom is 0.250 e. The fraction of sp³-hybridized carbons (Fsp3) is 0.143. The predicted octanol–water partition coefficient (Wildman–Crippen LogP) is 2.84. The highest BCUT2D eigenvalue weighted by Crippen LogP contribution is 2.13. The van der Waals surface area contributed by atoms with Crippen molar-refractivity contribution in [1.29, 1.82) is 5.26 Å². The van der Waals surface area contributed by atoms with Gasteiger partial charge in [0, 0.05) is 16.7 Å². The molecular weight excluding hydrogens is 292 g/mol. The summed E-state index contributed by atoms with van der Waals surface area (Å²) in [5, 5.41) is 8.81. The van der Waals surface area contributed by atoms with Gasteiger partial charge in [-0.25, -0.2) is 0 Å². The monoisotopic (exact) mass is 302 g/mol. The number of halogens is 1. The number of rotatable bonds is 2. The molecule has 0 saturated carbocycles. The van der Waals surface area contributed by atoms with Crippen molar-refractivity contribution in [2.75, 3.05) is 0 Å². The number of hydrogen-bond acceptors (Lipinski definition) is 2. The molecule has 2 rings (SSSR count). The molecule has 90 valence electrons. The van der Waals surface area contributed by atoms with Gasteiger partial charge in [-0.05, 0) is 52.2 Å². The van der Waals surface area contributed by atoms with Crippen LogP contribution in [-0.2, 0) is 6.54 Å². The van der Waals surface area contributed by atoms with Crippen LogP contribution in [-0.4, -0.2) is 4.57 Å². The van der Waals surface area contributed by atoms with E-state index >= 15 is 0 Å². The first kappa shape index (κ1) is 12.6. The highest BCUT2D eigenvalue weighted by molar-refractivity contribution is 9.10. The van der Waals surface area contributed by atoms with Crippen LogP contribution in [0.4, 0.5) is 0 Å². The Morgan fingerprint density at radius 1 is 1.33 bits per heavy atom. The molecule has 0 aliphatic rings. The molecule has 0 bridgehead atoms. The minimum atomic E-state index is -0.0399. The van der Waals surface area contributed by atoms with E-state index in [1.807, 2.05) is 19.1 Å². The van der Waals surface area contributed by atoms with Crippen LogP contribution in [0.3, 0.4) is 0 Å². The summed E-state index contributed by atoms with van der Waals surface area (Å²) in [5.74, 6) is 0. The standard InChI is InChI=1S/C14H11BrN2O/c1-10-6-11(7-16)2-3-12(10)8-17-9-13(15)4-5-14(17)18/h2-6,9H,8H2,1H3. The molecule has 0 atom stereocenters. The minimum absolute atomic E-state index is 0.0399. The zero-order chi connectivity index (χ0) is 13.1. The summed E-state index contributed by atoms with van der Waals surface area (Å²) in [5.41, 5.74) is 2.65. The van der Waals surface area contributed by atoms with E-state index in [-0.39, 0.29) is 5.56 Å². The topological polar surface area (TPSA) is 45.8 Å². The molecule has 4 heteroatoms. The molecule has 0 aliphatic carbocycles. The first-order valence-corrected chi connectivity index (χ1v) is 6.25. The molecule has 0 spiro atoms. The lowest BCUT2D eigenvalue weighted by atomic mass is 10.1. The Morgan fingerprint density at radius 2 is 2.11 bits per heavy atom. The SMILES string of the molecule is Cc1cc(C#N)ccc1Cn1cc(Br)ccc1=O. The van der Waals surface area contributed by atoms with E-state index in [0.29, 0.717) is 12.1 Å². The van der Waals surface area contributed by atoms with E-state index in [1.165, 1.54) is 6.07 Å². The average Bonchev–Trinajstić information content (AvgIpc) is 2.36. The van der Waals surface area contributed by atoms with Crippen LogP contribution >= 0.6 is 15.9 Å². The number of benzene rings is 1. The van der Waals surface area contributed by atoms with Gasteiger partial charge < -0.3 is 4.57 Å². The third-order valence-corrected chi connectivity index (χ3v) is 3.23. The van der Waals surface area contributed by atoms with E-state index in [9.17, 15) is 4.79 Å². The summed E-state index contributed by atoms with van der Waals surface area (Å²) in [4.78, 5) is 11.7. The van der Waals surface area contributed by atoms with Crippen LogP contribution in [0.2, 0.25) is 0 Å². The quantitative estimate of drug-likeness (QED) is 0.856. The van der Waals surface area contributed by atoms with Crippen molar-refractivity contribution < 1.29 is 0 Å². The maximum atomic E-state index is 11.7. The third-order valence-electron chi connectivity index (χ3n) is 2.76. The summed E-state index contributed by atoms with van der Waals surface area (Å²) in [6, 6.07) is 10.9. The molecule has 18 heavy (non-hydrogen) atoms. The lowest BCUT2D eigenvalue weighted by Crippen LogP contribution is -2.19. The molecule has 3 nitrogen and oxygen atoms in total. The first-order chi connectivity index (χ1) is 8.60. The van der Waals surface area contributed by atoms with Crippen molar-refractivity contribution in [3.8, 4) is 6.07 Å². The zero-order valence-electron chi connectivity index (χ0n) is 9.85. The number of aryl methyl sites for hydroxylation is 1. The highest BCUT2D eigenvalue weighted by atomic mass is 79.9.